The first-order valence-electron chi connectivity index (χ1n) is 6.79. The molecule has 2 heterocycles. The zero-order valence-electron chi connectivity index (χ0n) is 12.2. The van der Waals surface area contributed by atoms with Crippen LogP contribution in [0.25, 0.3) is 0 Å². The van der Waals surface area contributed by atoms with Gasteiger partial charge in [-0.05, 0) is 23.9 Å². The minimum Gasteiger partial charge on any atom is -0.481 e. The number of carbonyl (C=O) groups excluding carboxylic acids is 2. The van der Waals surface area contributed by atoms with Crippen LogP contribution in [-0.2, 0) is 4.79 Å². The highest BCUT2D eigenvalue weighted by molar-refractivity contribution is 7.08. The van der Waals surface area contributed by atoms with Crippen LogP contribution in [0.2, 0.25) is 0 Å². The third-order valence-electron chi connectivity index (χ3n) is 2.88. The van der Waals surface area contributed by atoms with Crippen molar-refractivity contribution >= 4 is 28.8 Å². The summed E-state index contributed by atoms with van der Waals surface area (Å²) in [7, 11) is 1.53. The topological polar surface area (TPSA) is 80.3 Å². The molecule has 22 heavy (non-hydrogen) atoms. The summed E-state index contributed by atoms with van der Waals surface area (Å²) in [5, 5.41) is 9.16. The van der Waals surface area contributed by atoms with E-state index in [2.05, 4.69) is 15.6 Å². The van der Waals surface area contributed by atoms with Gasteiger partial charge >= 0.3 is 0 Å². The predicted octanol–water partition coefficient (Wildman–Crippen LogP) is 2.30. The predicted molar refractivity (Wildman–Crippen MR) is 85.3 cm³/mol. The fourth-order valence-corrected chi connectivity index (χ4v) is 2.38. The zero-order valence-corrected chi connectivity index (χ0v) is 13.0. The van der Waals surface area contributed by atoms with E-state index in [1.165, 1.54) is 24.6 Å². The summed E-state index contributed by atoms with van der Waals surface area (Å²) >= 11 is 1.48. The van der Waals surface area contributed by atoms with Gasteiger partial charge in [0.05, 0.1) is 19.0 Å². The number of hydrogen-bond acceptors (Lipinski definition) is 5. The van der Waals surface area contributed by atoms with E-state index in [0.717, 1.165) is 0 Å². The number of methoxy groups -OCH3 is 1. The van der Waals surface area contributed by atoms with Crippen molar-refractivity contribution in [3.63, 3.8) is 0 Å². The second kappa shape index (κ2) is 8.14. The Morgan fingerprint density at radius 1 is 1.32 bits per heavy atom. The number of anilines is 1. The van der Waals surface area contributed by atoms with Crippen LogP contribution in [0.1, 0.15) is 23.2 Å². The van der Waals surface area contributed by atoms with Gasteiger partial charge in [-0.3, -0.25) is 9.59 Å². The molecule has 0 saturated carbocycles. The Morgan fingerprint density at radius 3 is 2.82 bits per heavy atom. The van der Waals surface area contributed by atoms with Crippen molar-refractivity contribution in [2.45, 2.75) is 12.8 Å². The highest BCUT2D eigenvalue weighted by Crippen LogP contribution is 2.11. The second-order valence-corrected chi connectivity index (χ2v) is 5.29. The number of amides is 2. The van der Waals surface area contributed by atoms with Crippen molar-refractivity contribution in [3.8, 4) is 5.88 Å². The monoisotopic (exact) mass is 319 g/mol. The first-order valence-corrected chi connectivity index (χ1v) is 7.73. The molecule has 0 aliphatic carbocycles. The SMILES string of the molecule is COc1ccc(NC(=O)CCCNC(=O)c2ccsc2)cn1. The van der Waals surface area contributed by atoms with Gasteiger partial charge in [0.25, 0.3) is 5.91 Å². The summed E-state index contributed by atoms with van der Waals surface area (Å²) in [6.07, 6.45) is 2.44. The minimum atomic E-state index is -0.114. The number of pyridine rings is 1. The molecule has 0 bridgehead atoms. The lowest BCUT2D eigenvalue weighted by atomic mass is 10.2. The average Bonchev–Trinajstić information content (AvgIpc) is 3.06. The molecule has 2 rings (SSSR count). The highest BCUT2D eigenvalue weighted by atomic mass is 32.1. The fraction of sp³-hybridized carbons (Fsp3) is 0.267. The molecule has 0 saturated heterocycles. The molecule has 2 aromatic rings. The van der Waals surface area contributed by atoms with Crippen molar-refractivity contribution in [2.75, 3.05) is 19.0 Å². The number of nitrogens with zero attached hydrogens (tertiary/aromatic N) is 1. The summed E-state index contributed by atoms with van der Waals surface area (Å²) in [5.74, 6) is 0.270. The maximum atomic E-state index is 11.8. The number of nitrogens with one attached hydrogen (secondary N) is 2. The number of thiophene rings is 1. The van der Waals surface area contributed by atoms with Gasteiger partial charge in [-0.25, -0.2) is 4.98 Å². The summed E-state index contributed by atoms with van der Waals surface area (Å²) in [6.45, 7) is 0.461. The Kier molecular flexibility index (Phi) is 5.91. The molecule has 0 fully saturated rings. The van der Waals surface area contributed by atoms with Crippen LogP contribution in [0.4, 0.5) is 5.69 Å². The van der Waals surface area contributed by atoms with Crippen LogP contribution in [0, 0.1) is 0 Å². The maximum absolute atomic E-state index is 11.8. The Bertz CT molecular complexity index is 611. The largest absolute Gasteiger partial charge is 0.481 e. The van der Waals surface area contributed by atoms with Crippen LogP contribution < -0.4 is 15.4 Å². The van der Waals surface area contributed by atoms with Gasteiger partial charge in [-0.2, -0.15) is 11.3 Å². The van der Waals surface area contributed by atoms with E-state index in [9.17, 15) is 9.59 Å². The number of carbonyl (C=O) groups is 2. The van der Waals surface area contributed by atoms with Crippen LogP contribution in [0.3, 0.4) is 0 Å². The molecule has 2 amide bonds. The quantitative estimate of drug-likeness (QED) is 0.767. The normalized spacial score (nSPS) is 10.0. The van der Waals surface area contributed by atoms with Gasteiger partial charge < -0.3 is 15.4 Å². The van der Waals surface area contributed by atoms with Crippen molar-refractivity contribution in [1.82, 2.24) is 10.3 Å². The molecule has 0 spiro atoms. The van der Waals surface area contributed by atoms with Crippen LogP contribution in [-0.4, -0.2) is 30.5 Å². The summed E-state index contributed by atoms with van der Waals surface area (Å²) in [5.41, 5.74) is 1.27. The lowest BCUT2D eigenvalue weighted by Gasteiger charge is -2.06. The first-order chi connectivity index (χ1) is 10.7. The van der Waals surface area contributed by atoms with Crippen LogP contribution in [0.15, 0.2) is 35.2 Å². The summed E-state index contributed by atoms with van der Waals surface area (Å²) in [6, 6.07) is 5.17. The molecule has 0 radical (unpaired) electrons. The Balaban J connectivity index is 1.66. The minimum absolute atomic E-state index is 0.110. The van der Waals surface area contributed by atoms with Gasteiger partial charge in [-0.15, -0.1) is 0 Å². The van der Waals surface area contributed by atoms with E-state index < -0.39 is 0 Å². The lowest BCUT2D eigenvalue weighted by molar-refractivity contribution is -0.116. The van der Waals surface area contributed by atoms with E-state index in [4.69, 9.17) is 4.74 Å². The third-order valence-corrected chi connectivity index (χ3v) is 3.56. The number of hydrogen-bond donors (Lipinski definition) is 2. The van der Waals surface area contributed by atoms with Gasteiger partial charge in [0.2, 0.25) is 11.8 Å². The molecule has 0 aromatic carbocycles. The molecule has 0 aliphatic rings. The van der Waals surface area contributed by atoms with Crippen LogP contribution in [0.5, 0.6) is 5.88 Å². The van der Waals surface area contributed by atoms with Gasteiger partial charge in [0, 0.05) is 30.0 Å². The van der Waals surface area contributed by atoms with Gasteiger partial charge in [0.1, 0.15) is 0 Å². The molecule has 0 aliphatic heterocycles. The number of aromatic nitrogens is 1. The van der Waals surface area contributed by atoms with E-state index in [0.29, 0.717) is 36.5 Å². The maximum Gasteiger partial charge on any atom is 0.252 e. The molecule has 0 atom stereocenters. The second-order valence-electron chi connectivity index (χ2n) is 4.51. The fourth-order valence-electron chi connectivity index (χ4n) is 1.75. The smallest absolute Gasteiger partial charge is 0.252 e. The molecule has 2 aromatic heterocycles. The van der Waals surface area contributed by atoms with Gasteiger partial charge in [-0.1, -0.05) is 0 Å². The van der Waals surface area contributed by atoms with Gasteiger partial charge in [0.15, 0.2) is 0 Å². The number of ether oxygens (including phenoxy) is 1. The first kappa shape index (κ1) is 16.0. The lowest BCUT2D eigenvalue weighted by Crippen LogP contribution is -2.25. The summed E-state index contributed by atoms with van der Waals surface area (Å²) in [4.78, 5) is 27.4. The highest BCUT2D eigenvalue weighted by Gasteiger charge is 2.06. The van der Waals surface area contributed by atoms with E-state index in [1.807, 2.05) is 5.38 Å². The Labute approximate surface area is 132 Å². The molecular formula is C15H17N3O3S. The molecule has 7 heteroatoms. The van der Waals surface area contributed by atoms with Crippen LogP contribution >= 0.6 is 11.3 Å². The molecular weight excluding hydrogens is 302 g/mol. The number of rotatable bonds is 7. The zero-order chi connectivity index (χ0) is 15.8. The van der Waals surface area contributed by atoms with Crippen molar-refractivity contribution in [1.29, 1.82) is 0 Å². The van der Waals surface area contributed by atoms with E-state index in [-0.39, 0.29) is 11.8 Å². The molecule has 0 unspecified atom stereocenters. The van der Waals surface area contributed by atoms with Crippen molar-refractivity contribution in [3.05, 3.63) is 40.7 Å². The molecule has 2 N–H and O–H groups in total. The van der Waals surface area contributed by atoms with E-state index >= 15 is 0 Å². The Morgan fingerprint density at radius 2 is 2.18 bits per heavy atom. The summed E-state index contributed by atoms with van der Waals surface area (Å²) < 4.78 is 4.94. The molecule has 6 nitrogen and oxygen atoms in total. The van der Waals surface area contributed by atoms with Crippen molar-refractivity contribution < 1.29 is 14.3 Å². The van der Waals surface area contributed by atoms with E-state index in [1.54, 1.807) is 23.6 Å². The third kappa shape index (κ3) is 4.85. The average molecular weight is 319 g/mol. The Hall–Kier alpha value is -2.41. The molecule has 116 valence electrons. The van der Waals surface area contributed by atoms with Crippen molar-refractivity contribution in [2.24, 2.45) is 0 Å². The standard InChI is InChI=1S/C15H17N3O3S/c1-21-14-5-4-12(9-17-14)18-13(19)3-2-7-16-15(20)11-6-8-22-10-11/h4-6,8-10H,2-3,7H2,1H3,(H,16,20)(H,18,19).